The van der Waals surface area contributed by atoms with Crippen LogP contribution < -0.4 is 9.80 Å². The molecule has 2 rings (SSSR count). The van der Waals surface area contributed by atoms with Crippen LogP contribution in [0.5, 0.6) is 0 Å². The number of anilines is 2. The number of unbranched alkanes of at least 4 members (excludes halogenated alkanes) is 3. The molecule has 1 N–H and O–H groups in total. The molecule has 1 aromatic rings. The maximum Gasteiger partial charge on any atom is 0.0901 e. The third-order valence-electron chi connectivity index (χ3n) is 3.35. The Kier molecular flexibility index (Phi) is 4.26. The van der Waals surface area contributed by atoms with E-state index in [9.17, 15) is 0 Å². The molecule has 1 aromatic carbocycles. The molecule has 0 aromatic heterocycles. The Hall–Kier alpha value is -1.22. The molecular formula is C14H22N2O. The average molecular weight is 234 g/mol. The average Bonchev–Trinajstić information content (AvgIpc) is 2.67. The van der Waals surface area contributed by atoms with Crippen molar-refractivity contribution in [2.75, 3.05) is 36.7 Å². The molecule has 0 amide bonds. The van der Waals surface area contributed by atoms with Gasteiger partial charge < -0.3 is 14.9 Å². The van der Waals surface area contributed by atoms with Gasteiger partial charge in [-0.05, 0) is 25.0 Å². The third kappa shape index (κ3) is 2.91. The highest BCUT2D eigenvalue weighted by Crippen LogP contribution is 2.34. The quantitative estimate of drug-likeness (QED) is 0.766. The van der Waals surface area contributed by atoms with Gasteiger partial charge in [-0.15, -0.1) is 0 Å². The predicted molar refractivity (Wildman–Crippen MR) is 72.6 cm³/mol. The highest BCUT2D eigenvalue weighted by atomic mass is 16.2. The molecule has 0 fully saturated rings. The monoisotopic (exact) mass is 234 g/mol. The molecule has 0 atom stereocenters. The van der Waals surface area contributed by atoms with Crippen LogP contribution in [0.4, 0.5) is 11.4 Å². The number of nitrogens with zero attached hydrogens (tertiary/aromatic N) is 2. The van der Waals surface area contributed by atoms with Gasteiger partial charge in [-0.3, -0.25) is 0 Å². The number of aliphatic hydroxyl groups excluding tert-OH is 1. The zero-order valence-electron chi connectivity index (χ0n) is 10.6. The van der Waals surface area contributed by atoms with Crippen LogP contribution in [-0.4, -0.2) is 32.0 Å². The van der Waals surface area contributed by atoms with Gasteiger partial charge in [-0.1, -0.05) is 25.0 Å². The summed E-state index contributed by atoms with van der Waals surface area (Å²) in [6.45, 7) is 2.45. The van der Waals surface area contributed by atoms with Gasteiger partial charge in [0.15, 0.2) is 0 Å². The van der Waals surface area contributed by atoms with Gasteiger partial charge in [0, 0.05) is 20.2 Å². The topological polar surface area (TPSA) is 26.7 Å². The Morgan fingerprint density at radius 2 is 1.76 bits per heavy atom. The summed E-state index contributed by atoms with van der Waals surface area (Å²) < 4.78 is 0. The highest BCUT2D eigenvalue weighted by Gasteiger charge is 2.21. The Morgan fingerprint density at radius 1 is 1.06 bits per heavy atom. The zero-order valence-corrected chi connectivity index (χ0v) is 10.6. The van der Waals surface area contributed by atoms with Crippen molar-refractivity contribution in [2.45, 2.75) is 25.7 Å². The van der Waals surface area contributed by atoms with E-state index >= 15 is 0 Å². The predicted octanol–water partition coefficient (Wildman–Crippen LogP) is 2.45. The van der Waals surface area contributed by atoms with Crippen molar-refractivity contribution in [2.24, 2.45) is 0 Å². The summed E-state index contributed by atoms with van der Waals surface area (Å²) in [5.41, 5.74) is 2.69. The second kappa shape index (κ2) is 5.92. The maximum atomic E-state index is 8.72. The van der Waals surface area contributed by atoms with E-state index in [4.69, 9.17) is 5.11 Å². The Bertz CT molecular complexity index is 354. The lowest BCUT2D eigenvalue weighted by Gasteiger charge is -2.19. The third-order valence-corrected chi connectivity index (χ3v) is 3.35. The van der Waals surface area contributed by atoms with Crippen molar-refractivity contribution < 1.29 is 5.11 Å². The number of para-hydroxylation sites is 2. The van der Waals surface area contributed by atoms with E-state index < -0.39 is 0 Å². The summed E-state index contributed by atoms with van der Waals surface area (Å²) >= 11 is 0. The first-order valence-corrected chi connectivity index (χ1v) is 6.49. The van der Waals surface area contributed by atoms with E-state index in [0.29, 0.717) is 6.61 Å². The van der Waals surface area contributed by atoms with Crippen molar-refractivity contribution in [1.29, 1.82) is 0 Å². The Morgan fingerprint density at radius 3 is 2.53 bits per heavy atom. The second-order valence-corrected chi connectivity index (χ2v) is 4.73. The molecule has 1 heterocycles. The van der Waals surface area contributed by atoms with Crippen molar-refractivity contribution in [3.8, 4) is 0 Å². The number of hydrogen-bond donors (Lipinski definition) is 1. The van der Waals surface area contributed by atoms with E-state index in [0.717, 1.165) is 26.1 Å². The first-order chi connectivity index (χ1) is 8.33. The molecule has 0 saturated carbocycles. The summed E-state index contributed by atoms with van der Waals surface area (Å²) in [7, 11) is 2.14. The van der Waals surface area contributed by atoms with Crippen LogP contribution in [0, 0.1) is 0 Å². The van der Waals surface area contributed by atoms with Crippen molar-refractivity contribution in [3.05, 3.63) is 24.3 Å². The van der Waals surface area contributed by atoms with Gasteiger partial charge in [0.2, 0.25) is 0 Å². The van der Waals surface area contributed by atoms with Gasteiger partial charge in [0.25, 0.3) is 0 Å². The summed E-state index contributed by atoms with van der Waals surface area (Å²) in [5, 5.41) is 8.72. The first-order valence-electron chi connectivity index (χ1n) is 6.49. The van der Waals surface area contributed by atoms with E-state index in [2.05, 4.69) is 41.1 Å². The second-order valence-electron chi connectivity index (χ2n) is 4.73. The number of rotatable bonds is 6. The van der Waals surface area contributed by atoms with Gasteiger partial charge in [-0.25, -0.2) is 0 Å². The molecule has 94 valence electrons. The summed E-state index contributed by atoms with van der Waals surface area (Å²) in [5.74, 6) is 0. The van der Waals surface area contributed by atoms with Crippen LogP contribution in [0.1, 0.15) is 25.7 Å². The smallest absolute Gasteiger partial charge is 0.0901 e. The summed E-state index contributed by atoms with van der Waals surface area (Å²) in [4.78, 5) is 4.73. The van der Waals surface area contributed by atoms with Crippen LogP contribution in [0.15, 0.2) is 24.3 Å². The van der Waals surface area contributed by atoms with Gasteiger partial charge in [-0.2, -0.15) is 0 Å². The molecular weight excluding hydrogens is 212 g/mol. The standard InChI is InChI=1S/C14H22N2O/c1-15-12-16(10-6-2-3-7-11-17)14-9-5-4-8-13(14)15/h4-5,8-9,17H,2-3,6-7,10-12H2,1H3. The van der Waals surface area contributed by atoms with Gasteiger partial charge in [0.1, 0.15) is 0 Å². The van der Waals surface area contributed by atoms with Crippen molar-refractivity contribution in [1.82, 2.24) is 0 Å². The van der Waals surface area contributed by atoms with E-state index in [1.807, 2.05) is 0 Å². The minimum Gasteiger partial charge on any atom is -0.396 e. The molecule has 0 bridgehead atoms. The van der Waals surface area contributed by atoms with Crippen LogP contribution in [0.2, 0.25) is 0 Å². The van der Waals surface area contributed by atoms with E-state index in [1.165, 1.54) is 24.2 Å². The zero-order chi connectivity index (χ0) is 12.1. The number of aliphatic hydroxyl groups is 1. The largest absolute Gasteiger partial charge is 0.396 e. The molecule has 0 spiro atoms. The van der Waals surface area contributed by atoms with Crippen LogP contribution >= 0.6 is 0 Å². The van der Waals surface area contributed by atoms with Crippen molar-refractivity contribution in [3.63, 3.8) is 0 Å². The SMILES string of the molecule is CN1CN(CCCCCCO)c2ccccc21. The number of hydrogen-bond acceptors (Lipinski definition) is 3. The fourth-order valence-corrected chi connectivity index (χ4v) is 2.42. The number of fused-ring (bicyclic) bond motifs is 1. The van der Waals surface area contributed by atoms with Gasteiger partial charge in [0.05, 0.1) is 18.0 Å². The van der Waals surface area contributed by atoms with Crippen molar-refractivity contribution >= 4 is 11.4 Å². The molecule has 0 aliphatic carbocycles. The first kappa shape index (κ1) is 12.2. The molecule has 3 nitrogen and oxygen atoms in total. The maximum absolute atomic E-state index is 8.72. The van der Waals surface area contributed by atoms with Crippen LogP contribution in [0.3, 0.4) is 0 Å². The summed E-state index contributed by atoms with van der Waals surface area (Å²) in [6.07, 6.45) is 4.50. The van der Waals surface area contributed by atoms with E-state index in [1.54, 1.807) is 0 Å². The minimum atomic E-state index is 0.329. The number of benzene rings is 1. The molecule has 0 saturated heterocycles. The normalized spacial score (nSPS) is 14.2. The molecule has 1 aliphatic heterocycles. The Labute approximate surface area is 104 Å². The fraction of sp³-hybridized carbons (Fsp3) is 0.571. The lowest BCUT2D eigenvalue weighted by Crippen LogP contribution is -2.28. The lowest BCUT2D eigenvalue weighted by atomic mass is 10.2. The molecule has 0 radical (unpaired) electrons. The Balaban J connectivity index is 1.83. The summed E-state index contributed by atoms with van der Waals surface area (Å²) in [6, 6.07) is 8.59. The van der Waals surface area contributed by atoms with Crippen LogP contribution in [0.25, 0.3) is 0 Å². The highest BCUT2D eigenvalue weighted by molar-refractivity contribution is 5.75. The fourth-order valence-electron chi connectivity index (χ4n) is 2.42. The molecule has 17 heavy (non-hydrogen) atoms. The molecule has 0 unspecified atom stereocenters. The van der Waals surface area contributed by atoms with E-state index in [-0.39, 0.29) is 0 Å². The van der Waals surface area contributed by atoms with Crippen LogP contribution in [-0.2, 0) is 0 Å². The van der Waals surface area contributed by atoms with Gasteiger partial charge >= 0.3 is 0 Å². The minimum absolute atomic E-state index is 0.329. The lowest BCUT2D eigenvalue weighted by molar-refractivity contribution is 0.282. The molecule has 3 heteroatoms. The molecule has 1 aliphatic rings.